The number of amides is 1. The molecule has 4 aromatic rings. The van der Waals surface area contributed by atoms with Gasteiger partial charge in [-0.1, -0.05) is 72.8 Å². The number of para-hydroxylation sites is 1. The van der Waals surface area contributed by atoms with Crippen LogP contribution in [-0.4, -0.2) is 30.3 Å². The summed E-state index contributed by atoms with van der Waals surface area (Å²) in [6.07, 6.45) is 1.35. The zero-order valence-electron chi connectivity index (χ0n) is 19.5. The summed E-state index contributed by atoms with van der Waals surface area (Å²) in [5.74, 6) is -0.396. The highest BCUT2D eigenvalue weighted by Gasteiger charge is 2.39. The molecule has 0 unspecified atom stereocenters. The molecule has 7 heteroatoms. The molecule has 180 valence electrons. The lowest BCUT2D eigenvalue weighted by atomic mass is 9.85. The molecular weight excluding hydrogens is 456 g/mol. The molecule has 0 aliphatic rings. The quantitative estimate of drug-likeness (QED) is 0.170. The van der Waals surface area contributed by atoms with Gasteiger partial charge in [-0.2, -0.15) is 5.10 Å². The number of hydrogen-bond donors (Lipinski definition) is 2. The van der Waals surface area contributed by atoms with Crippen molar-refractivity contribution < 1.29 is 24.2 Å². The molecule has 4 aromatic carbocycles. The predicted octanol–water partition coefficient (Wildman–Crippen LogP) is 4.30. The minimum Gasteiger partial charge on any atom is -0.497 e. The Kier molecular flexibility index (Phi) is 7.53. The van der Waals surface area contributed by atoms with Crippen molar-refractivity contribution in [2.45, 2.75) is 5.60 Å². The van der Waals surface area contributed by atoms with Crippen LogP contribution in [0.2, 0.25) is 0 Å². The van der Waals surface area contributed by atoms with Gasteiger partial charge in [0, 0.05) is 5.56 Å². The van der Waals surface area contributed by atoms with Crippen LogP contribution in [0.5, 0.6) is 11.5 Å². The Labute approximate surface area is 208 Å². The first-order valence-electron chi connectivity index (χ1n) is 11.1. The summed E-state index contributed by atoms with van der Waals surface area (Å²) in [5.41, 5.74) is 2.08. The Balaban J connectivity index is 1.53. The van der Waals surface area contributed by atoms with Crippen molar-refractivity contribution in [1.29, 1.82) is 0 Å². The number of nitrogens with zero attached hydrogens (tertiary/aromatic N) is 1. The van der Waals surface area contributed by atoms with E-state index in [1.165, 1.54) is 6.21 Å². The summed E-state index contributed by atoms with van der Waals surface area (Å²) in [5, 5.41) is 15.5. The number of carbonyl (C=O) groups is 2. The van der Waals surface area contributed by atoms with E-state index in [9.17, 15) is 14.7 Å². The van der Waals surface area contributed by atoms with Crippen LogP contribution in [0, 0.1) is 0 Å². The van der Waals surface area contributed by atoms with E-state index < -0.39 is 17.5 Å². The summed E-state index contributed by atoms with van der Waals surface area (Å²) in [6.45, 7) is 0. The Morgan fingerprint density at radius 2 is 1.36 bits per heavy atom. The standard InChI is InChI=1S/C29H24N2O5/c1-35-25-18-16-21(17-19-25)27(32)36-26-15-9-8-10-22(26)20-30-31-28(33)29(34,23-11-4-2-5-12-23)24-13-6-3-7-14-24/h2-20,34H,1H3,(H,31,33)/b30-20-. The second-order valence-corrected chi connectivity index (χ2v) is 7.80. The maximum atomic E-state index is 13.2. The monoisotopic (exact) mass is 480 g/mol. The van der Waals surface area contributed by atoms with Crippen LogP contribution >= 0.6 is 0 Å². The number of rotatable bonds is 8. The molecule has 0 saturated heterocycles. The highest BCUT2D eigenvalue weighted by molar-refractivity contribution is 5.94. The molecule has 0 saturated carbocycles. The Morgan fingerprint density at radius 1 is 0.806 bits per heavy atom. The van der Waals surface area contributed by atoms with Crippen LogP contribution in [0.3, 0.4) is 0 Å². The molecule has 0 radical (unpaired) electrons. The SMILES string of the molecule is COc1ccc(C(=O)Oc2ccccc2/C=N\NC(=O)C(O)(c2ccccc2)c2ccccc2)cc1. The van der Waals surface area contributed by atoms with Crippen LogP contribution in [-0.2, 0) is 10.4 Å². The number of nitrogens with one attached hydrogen (secondary N) is 1. The molecular formula is C29H24N2O5. The highest BCUT2D eigenvalue weighted by atomic mass is 16.5. The fourth-order valence-electron chi connectivity index (χ4n) is 3.59. The summed E-state index contributed by atoms with van der Waals surface area (Å²) in [7, 11) is 1.54. The van der Waals surface area contributed by atoms with Crippen molar-refractivity contribution in [2.24, 2.45) is 5.10 Å². The van der Waals surface area contributed by atoms with Gasteiger partial charge in [0.2, 0.25) is 0 Å². The van der Waals surface area contributed by atoms with Gasteiger partial charge in [0.05, 0.1) is 18.9 Å². The van der Waals surface area contributed by atoms with Gasteiger partial charge in [-0.15, -0.1) is 0 Å². The van der Waals surface area contributed by atoms with Crippen LogP contribution in [0.1, 0.15) is 27.0 Å². The molecule has 0 aromatic heterocycles. The van der Waals surface area contributed by atoms with Gasteiger partial charge in [0.15, 0.2) is 5.60 Å². The van der Waals surface area contributed by atoms with Gasteiger partial charge in [0.1, 0.15) is 11.5 Å². The largest absolute Gasteiger partial charge is 0.497 e. The minimum atomic E-state index is -1.96. The van der Waals surface area contributed by atoms with Gasteiger partial charge in [-0.05, 0) is 47.5 Å². The molecule has 36 heavy (non-hydrogen) atoms. The first-order valence-corrected chi connectivity index (χ1v) is 11.1. The Morgan fingerprint density at radius 3 is 1.94 bits per heavy atom. The third kappa shape index (κ3) is 5.32. The molecule has 4 rings (SSSR count). The molecule has 0 bridgehead atoms. The summed E-state index contributed by atoms with van der Waals surface area (Å²) < 4.78 is 10.6. The van der Waals surface area contributed by atoms with E-state index in [1.54, 1.807) is 116 Å². The van der Waals surface area contributed by atoms with Gasteiger partial charge in [-0.25, -0.2) is 10.2 Å². The van der Waals surface area contributed by atoms with E-state index >= 15 is 0 Å². The van der Waals surface area contributed by atoms with Gasteiger partial charge in [-0.3, -0.25) is 4.79 Å². The molecule has 0 aliphatic carbocycles. The van der Waals surface area contributed by atoms with E-state index in [-0.39, 0.29) is 5.75 Å². The maximum absolute atomic E-state index is 13.2. The zero-order chi connectivity index (χ0) is 25.4. The minimum absolute atomic E-state index is 0.262. The summed E-state index contributed by atoms with van der Waals surface area (Å²) >= 11 is 0. The third-order valence-electron chi connectivity index (χ3n) is 5.53. The molecule has 1 amide bonds. The number of esters is 1. The average molecular weight is 481 g/mol. The zero-order valence-corrected chi connectivity index (χ0v) is 19.5. The van der Waals surface area contributed by atoms with E-state index in [4.69, 9.17) is 9.47 Å². The molecule has 7 nitrogen and oxygen atoms in total. The van der Waals surface area contributed by atoms with E-state index in [2.05, 4.69) is 10.5 Å². The first kappa shape index (κ1) is 24.4. The fraction of sp³-hybridized carbons (Fsp3) is 0.0690. The van der Waals surface area contributed by atoms with E-state index in [0.29, 0.717) is 28.0 Å². The molecule has 0 fully saturated rings. The number of carbonyl (C=O) groups excluding carboxylic acids is 2. The average Bonchev–Trinajstić information content (AvgIpc) is 2.94. The molecule has 2 N–H and O–H groups in total. The normalized spacial score (nSPS) is 11.2. The van der Waals surface area contributed by atoms with Crippen molar-refractivity contribution in [2.75, 3.05) is 7.11 Å². The second kappa shape index (κ2) is 11.1. The molecule has 0 spiro atoms. The summed E-state index contributed by atoms with van der Waals surface area (Å²) in [4.78, 5) is 25.8. The number of hydrogen-bond acceptors (Lipinski definition) is 6. The third-order valence-corrected chi connectivity index (χ3v) is 5.53. The van der Waals surface area contributed by atoms with Crippen LogP contribution in [0.25, 0.3) is 0 Å². The van der Waals surface area contributed by atoms with Crippen LogP contribution in [0.4, 0.5) is 0 Å². The van der Waals surface area contributed by atoms with Gasteiger partial charge >= 0.3 is 5.97 Å². The van der Waals surface area contributed by atoms with Gasteiger partial charge < -0.3 is 14.6 Å². The Hall–Kier alpha value is -4.75. The number of hydrazone groups is 1. The van der Waals surface area contributed by atoms with E-state index in [0.717, 1.165) is 0 Å². The summed E-state index contributed by atoms with van der Waals surface area (Å²) in [6, 6.07) is 30.6. The van der Waals surface area contributed by atoms with Crippen LogP contribution in [0.15, 0.2) is 114 Å². The molecule has 0 heterocycles. The van der Waals surface area contributed by atoms with Gasteiger partial charge in [0.25, 0.3) is 5.91 Å². The Bertz CT molecular complexity index is 1310. The number of aliphatic hydroxyl groups is 1. The lowest BCUT2D eigenvalue weighted by Crippen LogP contribution is -2.43. The highest BCUT2D eigenvalue weighted by Crippen LogP contribution is 2.30. The van der Waals surface area contributed by atoms with Crippen molar-refractivity contribution >= 4 is 18.1 Å². The fourth-order valence-corrected chi connectivity index (χ4v) is 3.59. The number of benzene rings is 4. The topological polar surface area (TPSA) is 97.2 Å². The molecule has 0 aliphatic heterocycles. The lowest BCUT2D eigenvalue weighted by Gasteiger charge is -2.27. The van der Waals surface area contributed by atoms with Crippen molar-refractivity contribution in [1.82, 2.24) is 5.43 Å². The predicted molar refractivity (Wildman–Crippen MR) is 136 cm³/mol. The maximum Gasteiger partial charge on any atom is 0.343 e. The molecule has 0 atom stereocenters. The van der Waals surface area contributed by atoms with Crippen molar-refractivity contribution in [3.8, 4) is 11.5 Å². The second-order valence-electron chi connectivity index (χ2n) is 7.80. The lowest BCUT2D eigenvalue weighted by molar-refractivity contribution is -0.136. The number of ether oxygens (including phenoxy) is 2. The van der Waals surface area contributed by atoms with E-state index in [1.807, 2.05) is 0 Å². The smallest absolute Gasteiger partial charge is 0.343 e. The van der Waals surface area contributed by atoms with Crippen molar-refractivity contribution in [3.63, 3.8) is 0 Å². The van der Waals surface area contributed by atoms with Crippen LogP contribution < -0.4 is 14.9 Å². The van der Waals surface area contributed by atoms with Crippen molar-refractivity contribution in [3.05, 3.63) is 131 Å². The first-order chi connectivity index (χ1) is 17.5. The number of methoxy groups -OCH3 is 1.